The molecule has 0 N–H and O–H groups in total. The highest BCUT2D eigenvalue weighted by Gasteiger charge is 2.40. The summed E-state index contributed by atoms with van der Waals surface area (Å²) in [5, 5.41) is 0. The largest absolute Gasteiger partial charge is 0.313 e. The Kier molecular flexibility index (Phi) is 4.37. The molecule has 0 unspecified atom stereocenters. The van der Waals surface area contributed by atoms with Crippen LogP contribution in [0.2, 0.25) is 0 Å². The highest BCUT2D eigenvalue weighted by molar-refractivity contribution is 7.73. The summed E-state index contributed by atoms with van der Waals surface area (Å²) in [6.07, 6.45) is 5.58. The van der Waals surface area contributed by atoms with Crippen molar-refractivity contribution in [1.29, 1.82) is 0 Å². The number of nitrogens with zero attached hydrogens (tertiary/aromatic N) is 1. The van der Waals surface area contributed by atoms with E-state index in [1.54, 1.807) is 0 Å². The highest BCUT2D eigenvalue weighted by atomic mass is 31.2. The standard InChI is InChI=1S/C12H24BNP2/c1-9-5-6-10(2)15(9)14(13)16-11(3)7-8-12(16)4/h9-12H,5-8H2,1-4H3/t9-,10-,11-,12-/m1/s1. The van der Waals surface area contributed by atoms with Crippen LogP contribution < -0.4 is 0 Å². The Labute approximate surface area is 105 Å². The first kappa shape index (κ1) is 13.3. The molecule has 2 saturated heterocycles. The van der Waals surface area contributed by atoms with Crippen molar-refractivity contribution in [2.75, 3.05) is 0 Å². The molecule has 0 aromatic carbocycles. The van der Waals surface area contributed by atoms with Gasteiger partial charge in [-0.1, -0.05) is 27.7 Å². The third-order valence-electron chi connectivity index (χ3n) is 4.28. The van der Waals surface area contributed by atoms with Gasteiger partial charge in [-0.15, -0.1) is 0 Å². The summed E-state index contributed by atoms with van der Waals surface area (Å²) in [6, 6.07) is 0. The van der Waals surface area contributed by atoms with Crippen LogP contribution in [0.15, 0.2) is 0 Å². The predicted molar refractivity (Wildman–Crippen MR) is 77.7 cm³/mol. The summed E-state index contributed by atoms with van der Waals surface area (Å²) in [5.41, 5.74) is 3.44. The van der Waals surface area contributed by atoms with E-state index < -0.39 is 0 Å². The lowest BCUT2D eigenvalue weighted by atomic mass is 10.2. The Hall–Kier alpha value is 0.885. The minimum absolute atomic E-state index is 0.0531. The van der Waals surface area contributed by atoms with Crippen LogP contribution in [0, 0.1) is 0 Å². The van der Waals surface area contributed by atoms with Gasteiger partial charge in [0, 0.05) is 0 Å². The Balaban J connectivity index is 2.08. The predicted octanol–water partition coefficient (Wildman–Crippen LogP) is 4.31. The molecule has 4 heteroatoms. The van der Waals surface area contributed by atoms with E-state index >= 15 is 0 Å². The van der Waals surface area contributed by atoms with Gasteiger partial charge in [0.1, 0.15) is 0 Å². The minimum Gasteiger partial charge on any atom is -0.313 e. The Morgan fingerprint density at radius 2 is 1.00 bits per heavy atom. The summed E-state index contributed by atoms with van der Waals surface area (Å²) >= 11 is 0. The zero-order valence-corrected chi connectivity index (χ0v) is 12.8. The van der Waals surface area contributed by atoms with Crippen LogP contribution in [0.5, 0.6) is 0 Å². The molecule has 1 nitrogen and oxygen atoms in total. The molecule has 0 amide bonds. The highest BCUT2D eigenvalue weighted by Crippen LogP contribution is 2.70. The van der Waals surface area contributed by atoms with Gasteiger partial charge in [-0.2, -0.15) is 0 Å². The zero-order chi connectivity index (χ0) is 11.9. The second-order valence-corrected chi connectivity index (χ2v) is 11.9. The first-order valence-electron chi connectivity index (χ1n) is 6.63. The molecule has 2 radical (unpaired) electrons. The molecule has 0 aliphatic carbocycles. The molecule has 0 spiro atoms. The van der Waals surface area contributed by atoms with Crippen LogP contribution in [-0.2, 0) is 0 Å². The summed E-state index contributed by atoms with van der Waals surface area (Å²) in [6.45, 7) is 9.65. The number of hydrogen-bond donors (Lipinski definition) is 0. The molecule has 0 aromatic rings. The van der Waals surface area contributed by atoms with Crippen LogP contribution in [0.3, 0.4) is 0 Å². The van der Waals surface area contributed by atoms with Gasteiger partial charge in [-0.05, 0) is 64.5 Å². The van der Waals surface area contributed by atoms with Crippen LogP contribution in [-0.4, -0.2) is 35.0 Å². The molecule has 2 aliphatic heterocycles. The molecular formula is C12H24BNP2. The van der Waals surface area contributed by atoms with Crippen molar-refractivity contribution < 1.29 is 0 Å². The van der Waals surface area contributed by atoms with Crippen molar-refractivity contribution in [3.63, 3.8) is 0 Å². The third kappa shape index (κ3) is 2.36. The molecule has 90 valence electrons. The summed E-state index contributed by atoms with van der Waals surface area (Å²) in [7, 11) is 6.43. The zero-order valence-electron chi connectivity index (χ0n) is 11.1. The van der Waals surface area contributed by atoms with Gasteiger partial charge in [-0.3, -0.25) is 0 Å². The third-order valence-corrected chi connectivity index (χ3v) is 11.1. The fourth-order valence-electron chi connectivity index (χ4n) is 3.29. The monoisotopic (exact) mass is 255 g/mol. The summed E-state index contributed by atoms with van der Waals surface area (Å²) in [4.78, 5) is 0. The molecule has 0 bridgehead atoms. The van der Waals surface area contributed by atoms with Gasteiger partial charge >= 0.3 is 0 Å². The SMILES string of the molecule is [B]N(P1[C@H](C)CC[C@H]1C)P1[C@H](C)CC[C@H]1C. The maximum atomic E-state index is 6.54. The Morgan fingerprint density at radius 3 is 1.25 bits per heavy atom. The molecule has 4 atom stereocenters. The molecule has 2 heterocycles. The second kappa shape index (κ2) is 5.25. The van der Waals surface area contributed by atoms with Crippen molar-refractivity contribution in [2.24, 2.45) is 0 Å². The van der Waals surface area contributed by atoms with E-state index in [1.807, 2.05) is 0 Å². The minimum atomic E-state index is -0.0531. The smallest absolute Gasteiger partial charge is 0.195 e. The second-order valence-electron chi connectivity index (χ2n) is 5.63. The number of hydrogen-bond acceptors (Lipinski definition) is 1. The van der Waals surface area contributed by atoms with E-state index in [0.29, 0.717) is 0 Å². The van der Waals surface area contributed by atoms with Gasteiger partial charge in [0.25, 0.3) is 0 Å². The lowest BCUT2D eigenvalue weighted by Crippen LogP contribution is -2.20. The molecular weight excluding hydrogens is 231 g/mol. The number of rotatable bonds is 2. The van der Waals surface area contributed by atoms with E-state index in [2.05, 4.69) is 32.0 Å². The first-order valence-corrected chi connectivity index (χ1v) is 9.50. The van der Waals surface area contributed by atoms with Crippen LogP contribution in [0.1, 0.15) is 53.4 Å². The maximum Gasteiger partial charge on any atom is 0.195 e. The van der Waals surface area contributed by atoms with Gasteiger partial charge in [0.05, 0.1) is 0 Å². The normalized spacial score (nSPS) is 42.3. The Morgan fingerprint density at radius 1 is 0.750 bits per heavy atom. The molecule has 0 aromatic heterocycles. The summed E-state index contributed by atoms with van der Waals surface area (Å²) < 4.78 is 2.38. The lowest BCUT2D eigenvalue weighted by molar-refractivity contribution is 0.777. The maximum absolute atomic E-state index is 6.54. The average molecular weight is 255 g/mol. The van der Waals surface area contributed by atoms with Crippen molar-refractivity contribution in [3.8, 4) is 0 Å². The van der Waals surface area contributed by atoms with E-state index in [9.17, 15) is 0 Å². The lowest BCUT2D eigenvalue weighted by Gasteiger charge is -2.40. The van der Waals surface area contributed by atoms with E-state index in [4.69, 9.17) is 7.98 Å². The van der Waals surface area contributed by atoms with Crippen molar-refractivity contribution in [3.05, 3.63) is 0 Å². The molecule has 2 fully saturated rings. The van der Waals surface area contributed by atoms with Crippen LogP contribution in [0.25, 0.3) is 0 Å². The van der Waals surface area contributed by atoms with Gasteiger partial charge in [-0.25, -0.2) is 0 Å². The Bertz CT molecular complexity index is 207. The van der Waals surface area contributed by atoms with Gasteiger partial charge in [0.15, 0.2) is 7.98 Å². The molecule has 16 heavy (non-hydrogen) atoms. The fourth-order valence-corrected chi connectivity index (χ4v) is 11.4. The molecule has 0 saturated carbocycles. The molecule has 2 aliphatic rings. The van der Waals surface area contributed by atoms with Gasteiger partial charge in [0.2, 0.25) is 0 Å². The van der Waals surface area contributed by atoms with E-state index in [-0.39, 0.29) is 16.1 Å². The van der Waals surface area contributed by atoms with E-state index in [0.717, 1.165) is 22.6 Å². The van der Waals surface area contributed by atoms with Crippen molar-refractivity contribution in [2.45, 2.75) is 76.0 Å². The molecule has 2 rings (SSSR count). The van der Waals surface area contributed by atoms with E-state index in [1.165, 1.54) is 25.7 Å². The van der Waals surface area contributed by atoms with Gasteiger partial charge < -0.3 is 4.35 Å². The topological polar surface area (TPSA) is 3.24 Å². The quantitative estimate of drug-likeness (QED) is 0.525. The average Bonchev–Trinajstić information content (AvgIpc) is 2.71. The van der Waals surface area contributed by atoms with Crippen molar-refractivity contribution in [1.82, 2.24) is 4.35 Å². The fraction of sp³-hybridized carbons (Fsp3) is 1.00. The van der Waals surface area contributed by atoms with Crippen molar-refractivity contribution >= 4 is 24.1 Å². The van der Waals surface area contributed by atoms with Crippen LogP contribution in [0.4, 0.5) is 0 Å². The summed E-state index contributed by atoms with van der Waals surface area (Å²) in [5.74, 6) is 0. The van der Waals surface area contributed by atoms with Crippen LogP contribution >= 0.6 is 16.1 Å². The first-order chi connectivity index (χ1) is 7.52.